The topological polar surface area (TPSA) is 0 Å². The molecule has 0 fully saturated rings. The zero-order valence-electron chi connectivity index (χ0n) is 25.8. The molecule has 0 amide bonds. The Balaban J connectivity index is 0.000000169. The molecule has 0 radical (unpaired) electrons. The Bertz CT molecular complexity index is 1400. The first-order valence-electron chi connectivity index (χ1n) is 15.1. The molecule has 0 aliphatic heterocycles. The van der Waals surface area contributed by atoms with Crippen molar-refractivity contribution in [2.24, 2.45) is 0 Å². The quantitative estimate of drug-likeness (QED) is 0.0908. The number of allylic oxidation sites excluding steroid dienone is 4. The molecule has 6 aromatic rings. The maximum Gasteiger partial charge on any atom is -0.0134 e. The molecule has 0 saturated heterocycles. The molecule has 4 heteroatoms. The van der Waals surface area contributed by atoms with Gasteiger partial charge < -0.3 is 0 Å². The van der Waals surface area contributed by atoms with Crippen LogP contribution in [-0.4, -0.2) is 0 Å². The van der Waals surface area contributed by atoms with Gasteiger partial charge in [0.25, 0.3) is 0 Å². The fourth-order valence-corrected chi connectivity index (χ4v) is 9.48. The molecule has 0 saturated carbocycles. The maximum absolute atomic E-state index is 4.57. The third-order valence-corrected chi connectivity index (χ3v) is 11.8. The molecular formula is C42H37ClP2Ru. The van der Waals surface area contributed by atoms with Gasteiger partial charge in [0.2, 0.25) is 0 Å². The van der Waals surface area contributed by atoms with Gasteiger partial charge in [0, 0.05) is 0 Å². The molecule has 7 rings (SSSR count). The van der Waals surface area contributed by atoms with Gasteiger partial charge in [-0.2, -0.15) is 6.08 Å². The van der Waals surface area contributed by atoms with Crippen molar-refractivity contribution >= 4 is 57.4 Å². The minimum atomic E-state index is -0.446. The van der Waals surface area contributed by atoms with Crippen molar-refractivity contribution in [3.8, 4) is 0 Å². The second-order valence-electron chi connectivity index (χ2n) is 10.2. The van der Waals surface area contributed by atoms with E-state index in [-0.39, 0.29) is 0 Å². The number of rotatable bonds is 6. The van der Waals surface area contributed by atoms with Gasteiger partial charge in [0.15, 0.2) is 0 Å². The molecule has 0 aromatic heterocycles. The molecule has 0 spiro atoms. The monoisotopic (exact) mass is 740 g/mol. The van der Waals surface area contributed by atoms with Gasteiger partial charge in [0.1, 0.15) is 0 Å². The third kappa shape index (κ3) is 11.1. The van der Waals surface area contributed by atoms with E-state index in [1.54, 1.807) is 0 Å². The van der Waals surface area contributed by atoms with Crippen LogP contribution in [-0.2, 0) is 17.3 Å². The summed E-state index contributed by atoms with van der Waals surface area (Å²) in [5, 5.41) is 8.39. The second-order valence-corrected chi connectivity index (χ2v) is 14.6. The Morgan fingerprint density at radius 2 is 0.630 bits per heavy atom. The predicted octanol–water partition coefficient (Wildman–Crippen LogP) is 9.27. The van der Waals surface area contributed by atoms with Gasteiger partial charge in [-0.15, -0.1) is 6.42 Å². The van der Waals surface area contributed by atoms with Crippen molar-refractivity contribution in [3.63, 3.8) is 0 Å². The molecule has 6 aromatic carbocycles. The summed E-state index contributed by atoms with van der Waals surface area (Å²) in [6.45, 7) is 2.06. The van der Waals surface area contributed by atoms with Crippen molar-refractivity contribution < 1.29 is 17.3 Å². The molecular weight excluding hydrogens is 703 g/mol. The zero-order chi connectivity index (χ0) is 32.2. The van der Waals surface area contributed by atoms with Gasteiger partial charge in [0.05, 0.1) is 0 Å². The Labute approximate surface area is 292 Å². The number of hydrogen-bond acceptors (Lipinski definition) is 0. The van der Waals surface area contributed by atoms with E-state index in [1.807, 2.05) is 17.3 Å². The second kappa shape index (κ2) is 20.6. The van der Waals surface area contributed by atoms with Crippen molar-refractivity contribution in [1.29, 1.82) is 0 Å². The summed E-state index contributed by atoms with van der Waals surface area (Å²) < 4.78 is 0. The first kappa shape index (κ1) is 35.4. The fraction of sp³-hybridized carbons (Fsp3) is 0.0476. The normalized spacial score (nSPS) is 11.3. The summed E-state index contributed by atoms with van der Waals surface area (Å²) in [7, 11) is 3.68. The Morgan fingerprint density at radius 1 is 0.413 bits per heavy atom. The number of halogens is 1. The van der Waals surface area contributed by atoms with Gasteiger partial charge in [-0.1, -0.05) is 189 Å². The van der Waals surface area contributed by atoms with Crippen LogP contribution in [0.4, 0.5) is 0 Å². The van der Waals surface area contributed by atoms with Crippen LogP contribution < -0.4 is 31.8 Å². The van der Waals surface area contributed by atoms with Gasteiger partial charge in [-0.3, -0.25) is 6.08 Å². The minimum absolute atomic E-state index is 0.446. The van der Waals surface area contributed by atoms with Crippen molar-refractivity contribution in [2.45, 2.75) is 13.3 Å². The van der Waals surface area contributed by atoms with Crippen LogP contribution in [0.1, 0.15) is 13.3 Å². The first-order chi connectivity index (χ1) is 22.8. The van der Waals surface area contributed by atoms with Crippen molar-refractivity contribution in [3.05, 3.63) is 206 Å². The van der Waals surface area contributed by atoms with E-state index in [4.69, 9.17) is 0 Å². The van der Waals surface area contributed by atoms with E-state index in [1.165, 1.54) is 37.4 Å². The van der Waals surface area contributed by atoms with Crippen LogP contribution in [0.5, 0.6) is 0 Å². The summed E-state index contributed by atoms with van der Waals surface area (Å²) in [6, 6.07) is 64.7. The van der Waals surface area contributed by atoms with Crippen LogP contribution in [0.2, 0.25) is 0 Å². The van der Waals surface area contributed by atoms with Crippen LogP contribution in [0, 0.1) is 6.08 Å². The first-order valence-corrected chi connectivity index (χ1v) is 20.0. The Hall–Kier alpha value is -3.43. The molecule has 0 N–H and O–H groups in total. The summed E-state index contributed by atoms with van der Waals surface area (Å²) in [5.41, 5.74) is 1.27. The molecule has 1 aliphatic carbocycles. The standard InChI is InChI=1S/2C18H15P.C6H7.ClH.Ru/c2*1-4-10-16(11-5-1)19(17-12-6-2-7-13-17)18-14-8-3-9-15-18;1-6-4-2-3-5-6;;/h2*1-15H;2,4H,3H2,1H3;1H;/q;;-1;;+2/p-1. The third-order valence-electron chi connectivity index (χ3n) is 6.95. The Kier molecular flexibility index (Phi) is 15.9. The smallest absolute Gasteiger partial charge is 0.0134 e. The molecule has 230 valence electrons. The fourth-order valence-electron chi connectivity index (χ4n) is 4.87. The maximum atomic E-state index is 4.57. The van der Waals surface area contributed by atoms with Crippen LogP contribution >= 0.6 is 25.5 Å². The SMILES string of the molecule is CC1=[C-]CC=C1.[Cl][Ru+].c1ccc(P(c2ccccc2)c2ccccc2)cc1.c1ccc(P(c2ccccc2)c2ccccc2)cc1. The van der Waals surface area contributed by atoms with Crippen LogP contribution in [0.25, 0.3) is 0 Å². The van der Waals surface area contributed by atoms with Gasteiger partial charge in [-0.05, 0) is 47.7 Å². The average Bonchev–Trinajstić information content (AvgIpc) is 3.64. The van der Waals surface area contributed by atoms with E-state index in [0.717, 1.165) is 6.42 Å². The van der Waals surface area contributed by atoms with E-state index in [0.29, 0.717) is 0 Å². The largest absolute Gasteiger partial charge is 0.0622 e. The summed E-state index contributed by atoms with van der Waals surface area (Å²) in [4.78, 5) is 0. The molecule has 0 unspecified atom stereocenters. The average molecular weight is 740 g/mol. The van der Waals surface area contributed by atoms with E-state index in [9.17, 15) is 0 Å². The summed E-state index contributed by atoms with van der Waals surface area (Å²) in [5.74, 6) is 0. The zero-order valence-corrected chi connectivity index (χ0v) is 30.1. The van der Waals surface area contributed by atoms with E-state index in [2.05, 4.69) is 217 Å². The predicted molar refractivity (Wildman–Crippen MR) is 202 cm³/mol. The van der Waals surface area contributed by atoms with Crippen molar-refractivity contribution in [1.82, 2.24) is 0 Å². The molecule has 0 nitrogen and oxygen atoms in total. The van der Waals surface area contributed by atoms with Crippen LogP contribution in [0.3, 0.4) is 0 Å². The summed E-state index contributed by atoms with van der Waals surface area (Å²) in [6.07, 6.45) is 8.33. The molecule has 0 bridgehead atoms. The van der Waals surface area contributed by atoms with E-state index >= 15 is 0 Å². The minimum Gasteiger partial charge on any atom is -0.0622 e. The molecule has 0 atom stereocenters. The van der Waals surface area contributed by atoms with Gasteiger partial charge >= 0.3 is 27.0 Å². The Morgan fingerprint density at radius 3 is 0.761 bits per heavy atom. The van der Waals surface area contributed by atoms with Crippen LogP contribution in [0.15, 0.2) is 200 Å². The number of hydrogen-bond donors (Lipinski definition) is 0. The summed E-state index contributed by atoms with van der Waals surface area (Å²) >= 11 is 1.82. The molecule has 1 aliphatic rings. The van der Waals surface area contributed by atoms with Crippen molar-refractivity contribution in [2.75, 3.05) is 0 Å². The number of benzene rings is 6. The molecule has 0 heterocycles. The van der Waals surface area contributed by atoms with E-state index < -0.39 is 15.8 Å². The van der Waals surface area contributed by atoms with Gasteiger partial charge in [-0.25, -0.2) is 11.6 Å². The molecule has 46 heavy (non-hydrogen) atoms.